The molecule has 0 saturated carbocycles. The predicted molar refractivity (Wildman–Crippen MR) is 82.1 cm³/mol. The third-order valence-electron chi connectivity index (χ3n) is 2.91. The minimum Gasteiger partial charge on any atom is -0.384 e. The van der Waals surface area contributed by atoms with Crippen molar-refractivity contribution < 1.29 is 4.79 Å². The first kappa shape index (κ1) is 14.1. The van der Waals surface area contributed by atoms with E-state index in [9.17, 15) is 4.79 Å². The third kappa shape index (κ3) is 3.57. The number of anilines is 2. The summed E-state index contributed by atoms with van der Waals surface area (Å²) in [6, 6.07) is 11.2. The molecular formula is C16H19N3O. The molecule has 0 radical (unpaired) electrons. The smallest absolute Gasteiger partial charge is 0.257 e. The van der Waals surface area contributed by atoms with Crippen LogP contribution < -0.4 is 10.6 Å². The van der Waals surface area contributed by atoms with E-state index < -0.39 is 0 Å². The van der Waals surface area contributed by atoms with Crippen LogP contribution in [0, 0.1) is 6.92 Å². The van der Waals surface area contributed by atoms with E-state index in [0.29, 0.717) is 11.3 Å². The Morgan fingerprint density at radius 3 is 2.70 bits per heavy atom. The average molecular weight is 269 g/mol. The number of nitrogens with one attached hydrogen (secondary N) is 2. The Morgan fingerprint density at radius 1 is 1.20 bits per heavy atom. The monoisotopic (exact) mass is 269 g/mol. The van der Waals surface area contributed by atoms with Crippen molar-refractivity contribution in [1.82, 2.24) is 4.98 Å². The van der Waals surface area contributed by atoms with Crippen LogP contribution in [-0.2, 0) is 0 Å². The molecule has 104 valence electrons. The summed E-state index contributed by atoms with van der Waals surface area (Å²) in [7, 11) is 0. The maximum Gasteiger partial charge on any atom is 0.257 e. The number of hydrogen-bond donors (Lipinski definition) is 2. The molecule has 0 aliphatic rings. The van der Waals surface area contributed by atoms with Crippen LogP contribution in [0.2, 0.25) is 0 Å². The zero-order valence-corrected chi connectivity index (χ0v) is 11.8. The number of amides is 1. The van der Waals surface area contributed by atoms with Gasteiger partial charge in [0.2, 0.25) is 0 Å². The Labute approximate surface area is 119 Å². The van der Waals surface area contributed by atoms with E-state index >= 15 is 0 Å². The third-order valence-corrected chi connectivity index (χ3v) is 2.91. The first-order valence-electron chi connectivity index (χ1n) is 6.77. The number of carbonyl (C=O) groups excluding carboxylic acids is 1. The van der Waals surface area contributed by atoms with Gasteiger partial charge in [-0.05, 0) is 37.6 Å². The number of carbonyl (C=O) groups is 1. The lowest BCUT2D eigenvalue weighted by Crippen LogP contribution is -2.15. The van der Waals surface area contributed by atoms with Crippen LogP contribution in [0.15, 0.2) is 42.6 Å². The Bertz CT molecular complexity index is 579. The molecule has 1 heterocycles. The van der Waals surface area contributed by atoms with E-state index in [1.807, 2.05) is 43.3 Å². The van der Waals surface area contributed by atoms with Gasteiger partial charge in [0.25, 0.3) is 5.91 Å². The first-order valence-corrected chi connectivity index (χ1v) is 6.77. The number of para-hydroxylation sites is 1. The SMILES string of the molecule is CCCNc1ccccc1C(=O)Nc1ccc(C)nc1. The molecule has 0 unspecified atom stereocenters. The van der Waals surface area contributed by atoms with Gasteiger partial charge in [0.15, 0.2) is 0 Å². The molecule has 2 rings (SSSR count). The zero-order chi connectivity index (χ0) is 14.4. The van der Waals surface area contributed by atoms with Crippen LogP contribution in [0.3, 0.4) is 0 Å². The van der Waals surface area contributed by atoms with Crippen molar-refractivity contribution >= 4 is 17.3 Å². The zero-order valence-electron chi connectivity index (χ0n) is 11.8. The number of pyridine rings is 1. The highest BCUT2D eigenvalue weighted by Crippen LogP contribution is 2.17. The number of aryl methyl sites for hydroxylation is 1. The number of aromatic nitrogens is 1. The van der Waals surface area contributed by atoms with Gasteiger partial charge in [-0.1, -0.05) is 19.1 Å². The maximum absolute atomic E-state index is 12.3. The molecule has 0 bridgehead atoms. The van der Waals surface area contributed by atoms with Crippen LogP contribution in [0.25, 0.3) is 0 Å². The van der Waals surface area contributed by atoms with E-state index in [1.54, 1.807) is 6.20 Å². The molecule has 0 saturated heterocycles. The van der Waals surface area contributed by atoms with Gasteiger partial charge in [0.05, 0.1) is 17.4 Å². The normalized spacial score (nSPS) is 10.1. The second-order valence-corrected chi connectivity index (χ2v) is 4.61. The molecular weight excluding hydrogens is 250 g/mol. The molecule has 2 N–H and O–H groups in total. The van der Waals surface area contributed by atoms with Gasteiger partial charge in [-0.2, -0.15) is 0 Å². The van der Waals surface area contributed by atoms with Gasteiger partial charge in [0.1, 0.15) is 0 Å². The van der Waals surface area contributed by atoms with Crippen molar-refractivity contribution in [3.05, 3.63) is 53.9 Å². The number of rotatable bonds is 5. The highest BCUT2D eigenvalue weighted by atomic mass is 16.1. The van der Waals surface area contributed by atoms with Gasteiger partial charge in [-0.3, -0.25) is 9.78 Å². The van der Waals surface area contributed by atoms with Crippen LogP contribution in [0.1, 0.15) is 29.4 Å². The highest BCUT2D eigenvalue weighted by Gasteiger charge is 2.10. The summed E-state index contributed by atoms with van der Waals surface area (Å²) in [5, 5.41) is 6.12. The van der Waals surface area contributed by atoms with Crippen molar-refractivity contribution in [1.29, 1.82) is 0 Å². The van der Waals surface area contributed by atoms with Crippen molar-refractivity contribution in [2.24, 2.45) is 0 Å². The molecule has 1 aromatic heterocycles. The summed E-state index contributed by atoms with van der Waals surface area (Å²) >= 11 is 0. The van der Waals surface area contributed by atoms with Gasteiger partial charge in [0, 0.05) is 17.9 Å². The van der Waals surface area contributed by atoms with Crippen molar-refractivity contribution in [2.45, 2.75) is 20.3 Å². The van der Waals surface area contributed by atoms with Crippen molar-refractivity contribution in [3.8, 4) is 0 Å². The summed E-state index contributed by atoms with van der Waals surface area (Å²) in [6.45, 7) is 4.85. The average Bonchev–Trinajstić information content (AvgIpc) is 2.47. The highest BCUT2D eigenvalue weighted by molar-refractivity contribution is 6.07. The lowest BCUT2D eigenvalue weighted by Gasteiger charge is -2.11. The summed E-state index contributed by atoms with van der Waals surface area (Å²) in [5.74, 6) is -0.130. The lowest BCUT2D eigenvalue weighted by atomic mass is 10.1. The quantitative estimate of drug-likeness (QED) is 0.874. The van der Waals surface area contributed by atoms with E-state index in [4.69, 9.17) is 0 Å². The van der Waals surface area contributed by atoms with E-state index in [-0.39, 0.29) is 5.91 Å². The molecule has 1 amide bonds. The van der Waals surface area contributed by atoms with Crippen LogP contribution in [0.5, 0.6) is 0 Å². The fourth-order valence-corrected chi connectivity index (χ4v) is 1.84. The first-order chi connectivity index (χ1) is 9.70. The minimum absolute atomic E-state index is 0.130. The number of benzene rings is 1. The van der Waals surface area contributed by atoms with Crippen molar-refractivity contribution in [3.63, 3.8) is 0 Å². The predicted octanol–water partition coefficient (Wildman–Crippen LogP) is 3.46. The second kappa shape index (κ2) is 6.70. The Kier molecular flexibility index (Phi) is 4.71. The van der Waals surface area contributed by atoms with Crippen LogP contribution in [-0.4, -0.2) is 17.4 Å². The van der Waals surface area contributed by atoms with Crippen LogP contribution >= 0.6 is 0 Å². The topological polar surface area (TPSA) is 54.0 Å². The van der Waals surface area contributed by atoms with E-state index in [0.717, 1.165) is 24.3 Å². The maximum atomic E-state index is 12.3. The fourth-order valence-electron chi connectivity index (χ4n) is 1.84. The molecule has 4 heteroatoms. The van der Waals surface area contributed by atoms with Gasteiger partial charge >= 0.3 is 0 Å². The molecule has 0 atom stereocenters. The lowest BCUT2D eigenvalue weighted by molar-refractivity contribution is 0.102. The molecule has 0 aliphatic heterocycles. The van der Waals surface area contributed by atoms with Gasteiger partial charge in [-0.25, -0.2) is 0 Å². The number of hydrogen-bond acceptors (Lipinski definition) is 3. The molecule has 0 aliphatic carbocycles. The molecule has 0 fully saturated rings. The largest absolute Gasteiger partial charge is 0.384 e. The molecule has 2 aromatic rings. The van der Waals surface area contributed by atoms with Gasteiger partial charge in [-0.15, -0.1) is 0 Å². The summed E-state index contributed by atoms with van der Waals surface area (Å²) in [6.07, 6.45) is 2.67. The summed E-state index contributed by atoms with van der Waals surface area (Å²) in [4.78, 5) is 16.5. The summed E-state index contributed by atoms with van der Waals surface area (Å²) in [5.41, 5.74) is 3.12. The second-order valence-electron chi connectivity index (χ2n) is 4.61. The summed E-state index contributed by atoms with van der Waals surface area (Å²) < 4.78 is 0. The van der Waals surface area contributed by atoms with Crippen LogP contribution in [0.4, 0.5) is 11.4 Å². The molecule has 1 aromatic carbocycles. The molecule has 20 heavy (non-hydrogen) atoms. The Balaban J connectivity index is 2.14. The Morgan fingerprint density at radius 2 is 2.00 bits per heavy atom. The minimum atomic E-state index is -0.130. The van der Waals surface area contributed by atoms with E-state index in [1.165, 1.54) is 0 Å². The standard InChI is InChI=1S/C16H19N3O/c1-3-10-17-15-7-5-4-6-14(15)16(20)19-13-9-8-12(2)18-11-13/h4-9,11,17H,3,10H2,1-2H3,(H,19,20). The van der Waals surface area contributed by atoms with Gasteiger partial charge < -0.3 is 10.6 Å². The molecule has 0 spiro atoms. The van der Waals surface area contributed by atoms with Crippen molar-refractivity contribution in [2.75, 3.05) is 17.2 Å². The number of nitrogens with zero attached hydrogens (tertiary/aromatic N) is 1. The van der Waals surface area contributed by atoms with E-state index in [2.05, 4.69) is 22.5 Å². The molecule has 4 nitrogen and oxygen atoms in total. The fraction of sp³-hybridized carbons (Fsp3) is 0.250. The Hall–Kier alpha value is -2.36.